The number of anilines is 3. The first kappa shape index (κ1) is 15.8. The molecule has 0 amide bonds. The fourth-order valence-corrected chi connectivity index (χ4v) is 1.37. The first-order valence-electron chi connectivity index (χ1n) is 5.32. The molecule has 0 saturated carbocycles. The van der Waals surface area contributed by atoms with Crippen LogP contribution in [-0.2, 0) is 0 Å². The first-order valence-corrected chi connectivity index (χ1v) is 5.32. The number of hydrogen-bond donors (Lipinski definition) is 2. The van der Waals surface area contributed by atoms with E-state index < -0.39 is 0 Å². The molecule has 6 heteroatoms. The van der Waals surface area contributed by atoms with Gasteiger partial charge >= 0.3 is 0 Å². The molecule has 98 valence electrons. The van der Waals surface area contributed by atoms with Crippen molar-refractivity contribution in [1.82, 2.24) is 4.98 Å². The van der Waals surface area contributed by atoms with Crippen molar-refractivity contribution in [3.8, 4) is 0 Å². The zero-order valence-corrected chi connectivity index (χ0v) is 11.7. The number of nitrogens with two attached hydrogens (primary N) is 2. The number of halogens is 1. The van der Waals surface area contributed by atoms with Crippen LogP contribution in [0.4, 0.5) is 17.2 Å². The van der Waals surface area contributed by atoms with E-state index in [2.05, 4.69) is 31.0 Å². The van der Waals surface area contributed by atoms with E-state index in [-0.39, 0.29) is 12.4 Å². The van der Waals surface area contributed by atoms with Gasteiger partial charge in [0, 0.05) is 7.05 Å². The molecule has 0 aliphatic carbocycles. The van der Waals surface area contributed by atoms with Gasteiger partial charge in [-0.15, -0.1) is 0 Å². The summed E-state index contributed by atoms with van der Waals surface area (Å²) in [4.78, 5) is 6.30. The fraction of sp³-hybridized carbons (Fsp3) is 0.545. The number of quaternary nitrogens is 1. The molecule has 0 radical (unpaired) electrons. The highest BCUT2D eigenvalue weighted by molar-refractivity contribution is 5.66. The van der Waals surface area contributed by atoms with E-state index in [1.165, 1.54) is 0 Å². The maximum absolute atomic E-state index is 5.87. The highest BCUT2D eigenvalue weighted by Crippen LogP contribution is 2.20. The zero-order chi connectivity index (χ0) is 12.3. The van der Waals surface area contributed by atoms with Gasteiger partial charge in [0.1, 0.15) is 0 Å². The van der Waals surface area contributed by atoms with Gasteiger partial charge in [-0.25, -0.2) is 4.98 Å². The molecule has 0 saturated heterocycles. The van der Waals surface area contributed by atoms with Gasteiger partial charge in [-0.2, -0.15) is 0 Å². The average Bonchev–Trinajstić information content (AvgIpc) is 2.13. The lowest BCUT2D eigenvalue weighted by Gasteiger charge is -2.27. The SMILES string of the molecule is CN(CC[N+](C)(C)C)c1ncc(N)cc1N.[Cl-]. The lowest BCUT2D eigenvalue weighted by Crippen LogP contribution is -3.00. The van der Waals surface area contributed by atoms with Gasteiger partial charge in [0.05, 0.1) is 51.8 Å². The molecule has 1 aromatic heterocycles. The number of nitrogen functional groups attached to an aromatic ring is 2. The van der Waals surface area contributed by atoms with E-state index in [4.69, 9.17) is 11.5 Å². The summed E-state index contributed by atoms with van der Waals surface area (Å²) in [6, 6.07) is 1.74. The molecule has 0 unspecified atom stereocenters. The molecule has 4 N–H and O–H groups in total. The third-order valence-electron chi connectivity index (χ3n) is 2.38. The van der Waals surface area contributed by atoms with Crippen LogP contribution in [0.5, 0.6) is 0 Å². The van der Waals surface area contributed by atoms with E-state index >= 15 is 0 Å². The Kier molecular flexibility index (Phi) is 5.51. The van der Waals surface area contributed by atoms with Gasteiger partial charge in [-0.05, 0) is 6.07 Å². The van der Waals surface area contributed by atoms with Crippen molar-refractivity contribution in [3.05, 3.63) is 12.3 Å². The average molecular weight is 260 g/mol. The van der Waals surface area contributed by atoms with E-state index in [1.54, 1.807) is 12.3 Å². The Hall–Kier alpha value is -1.20. The summed E-state index contributed by atoms with van der Waals surface area (Å²) in [6.45, 7) is 1.94. The van der Waals surface area contributed by atoms with Crippen LogP contribution in [0.25, 0.3) is 0 Å². The van der Waals surface area contributed by atoms with Crippen LogP contribution in [0.15, 0.2) is 12.3 Å². The molecule has 1 aromatic rings. The summed E-state index contributed by atoms with van der Waals surface area (Å²) in [7, 11) is 8.47. The second-order valence-electron chi connectivity index (χ2n) is 5.12. The number of nitrogens with zero attached hydrogens (tertiary/aromatic N) is 3. The number of hydrogen-bond acceptors (Lipinski definition) is 4. The van der Waals surface area contributed by atoms with Crippen LogP contribution < -0.4 is 28.8 Å². The molecular formula is C11H22ClN5. The van der Waals surface area contributed by atoms with Crippen LogP contribution in [0.1, 0.15) is 0 Å². The van der Waals surface area contributed by atoms with Crippen molar-refractivity contribution in [2.24, 2.45) is 0 Å². The van der Waals surface area contributed by atoms with Crippen LogP contribution >= 0.6 is 0 Å². The van der Waals surface area contributed by atoms with Gasteiger partial charge in [0.15, 0.2) is 5.82 Å². The molecule has 0 fully saturated rings. The molecule has 0 aliphatic rings. The van der Waals surface area contributed by atoms with E-state index in [9.17, 15) is 0 Å². The highest BCUT2D eigenvalue weighted by Gasteiger charge is 2.12. The van der Waals surface area contributed by atoms with Crippen molar-refractivity contribution >= 4 is 17.2 Å². The summed E-state index contributed by atoms with van der Waals surface area (Å²) in [6.07, 6.45) is 1.63. The van der Waals surface area contributed by atoms with Crippen LogP contribution in [0.2, 0.25) is 0 Å². The zero-order valence-electron chi connectivity index (χ0n) is 10.9. The van der Waals surface area contributed by atoms with Crippen LogP contribution in [0, 0.1) is 0 Å². The molecule has 0 spiro atoms. The predicted octanol–water partition coefficient (Wildman–Crippen LogP) is -2.61. The van der Waals surface area contributed by atoms with Crippen molar-refractivity contribution in [1.29, 1.82) is 0 Å². The molecule has 1 rings (SSSR count). The third kappa shape index (κ3) is 5.10. The minimum atomic E-state index is 0. The van der Waals surface area contributed by atoms with Crippen LogP contribution in [0.3, 0.4) is 0 Å². The van der Waals surface area contributed by atoms with Crippen molar-refractivity contribution in [2.75, 3.05) is 57.6 Å². The van der Waals surface area contributed by atoms with E-state index in [0.29, 0.717) is 11.4 Å². The standard InChI is InChI=1S/C11H22N5.ClH/c1-15(5-6-16(2,3)4)11-10(13)7-9(12)8-14-11;/h7-8H,5-6,12-13H2,1-4H3;1H/q+1;/p-1. The molecule has 0 aliphatic heterocycles. The topological polar surface area (TPSA) is 68.2 Å². The maximum Gasteiger partial charge on any atom is 0.151 e. The fourth-order valence-electron chi connectivity index (χ4n) is 1.37. The Morgan fingerprint density at radius 1 is 1.29 bits per heavy atom. The van der Waals surface area contributed by atoms with Crippen LogP contribution in [-0.4, -0.2) is 50.7 Å². The second-order valence-corrected chi connectivity index (χ2v) is 5.12. The van der Waals surface area contributed by atoms with Gasteiger partial charge < -0.3 is 33.3 Å². The largest absolute Gasteiger partial charge is 1.00 e. The Balaban J connectivity index is 0.00000256. The summed E-state index contributed by atoms with van der Waals surface area (Å²) in [5.74, 6) is 0.794. The van der Waals surface area contributed by atoms with E-state index in [0.717, 1.165) is 23.4 Å². The van der Waals surface area contributed by atoms with Crippen molar-refractivity contribution in [2.45, 2.75) is 0 Å². The Morgan fingerprint density at radius 2 is 1.88 bits per heavy atom. The number of likely N-dealkylation sites (N-methyl/N-ethyl adjacent to an activating group) is 2. The summed E-state index contributed by atoms with van der Waals surface area (Å²) >= 11 is 0. The Labute approximate surface area is 109 Å². The van der Waals surface area contributed by atoms with Crippen molar-refractivity contribution in [3.63, 3.8) is 0 Å². The normalized spacial score (nSPS) is 10.8. The van der Waals surface area contributed by atoms with Gasteiger partial charge in [-0.1, -0.05) is 0 Å². The molecule has 17 heavy (non-hydrogen) atoms. The smallest absolute Gasteiger partial charge is 0.151 e. The Morgan fingerprint density at radius 3 is 2.35 bits per heavy atom. The molecule has 0 aromatic carbocycles. The van der Waals surface area contributed by atoms with Gasteiger partial charge in [0.2, 0.25) is 0 Å². The molecular weight excluding hydrogens is 238 g/mol. The number of aromatic nitrogens is 1. The molecule has 0 atom stereocenters. The third-order valence-corrected chi connectivity index (χ3v) is 2.38. The van der Waals surface area contributed by atoms with Crippen molar-refractivity contribution < 1.29 is 16.9 Å². The highest BCUT2D eigenvalue weighted by atomic mass is 35.5. The van der Waals surface area contributed by atoms with Gasteiger partial charge in [0.25, 0.3) is 0 Å². The summed E-state index contributed by atoms with van der Waals surface area (Å²) in [5.41, 5.74) is 12.7. The first-order chi connectivity index (χ1) is 7.29. The lowest BCUT2D eigenvalue weighted by atomic mass is 10.3. The monoisotopic (exact) mass is 259 g/mol. The molecule has 0 bridgehead atoms. The quantitative estimate of drug-likeness (QED) is 0.582. The summed E-state index contributed by atoms with van der Waals surface area (Å²) in [5, 5.41) is 0. The number of pyridine rings is 1. The second kappa shape index (κ2) is 5.93. The lowest BCUT2D eigenvalue weighted by molar-refractivity contribution is -0.868. The van der Waals surface area contributed by atoms with E-state index in [1.807, 2.05) is 7.05 Å². The minimum Gasteiger partial charge on any atom is -1.00 e. The Bertz CT molecular complexity index is 361. The number of rotatable bonds is 4. The van der Waals surface area contributed by atoms with Gasteiger partial charge in [-0.3, -0.25) is 0 Å². The summed E-state index contributed by atoms with van der Waals surface area (Å²) < 4.78 is 0.916. The predicted molar refractivity (Wildman–Crippen MR) is 69.2 cm³/mol. The maximum atomic E-state index is 5.87. The minimum absolute atomic E-state index is 0. The molecule has 1 heterocycles. The molecule has 5 nitrogen and oxygen atoms in total.